The molecule has 2 saturated heterocycles. The van der Waals surface area contributed by atoms with Crippen molar-refractivity contribution < 1.29 is 18.3 Å². The smallest absolute Gasteiger partial charge is 0.303 e. The Hall–Kier alpha value is -0.660. The number of carboxylic acids is 1. The molecule has 0 amide bonds. The van der Waals surface area contributed by atoms with E-state index in [1.807, 2.05) is 0 Å². The van der Waals surface area contributed by atoms with Crippen LogP contribution in [0.5, 0.6) is 0 Å². The van der Waals surface area contributed by atoms with Crippen LogP contribution in [0, 0.1) is 5.92 Å². The lowest BCUT2D eigenvalue weighted by molar-refractivity contribution is -0.137. The van der Waals surface area contributed by atoms with Crippen LogP contribution in [0.2, 0.25) is 0 Å². The van der Waals surface area contributed by atoms with Crippen molar-refractivity contribution in [3.8, 4) is 0 Å². The van der Waals surface area contributed by atoms with Gasteiger partial charge in [-0.05, 0) is 25.2 Å². The highest BCUT2D eigenvalue weighted by molar-refractivity contribution is 7.86. The van der Waals surface area contributed by atoms with E-state index in [9.17, 15) is 13.2 Å². The first kappa shape index (κ1) is 14.7. The third-order valence-corrected chi connectivity index (χ3v) is 5.93. The molecule has 6 nitrogen and oxygen atoms in total. The van der Waals surface area contributed by atoms with Gasteiger partial charge in [0.1, 0.15) is 0 Å². The number of rotatable bonds is 4. The van der Waals surface area contributed by atoms with Gasteiger partial charge in [0.2, 0.25) is 0 Å². The Bertz CT molecular complexity index is 415. The van der Waals surface area contributed by atoms with Crippen molar-refractivity contribution in [2.45, 2.75) is 38.5 Å². The number of aliphatic carboxylic acids is 1. The molecule has 2 heterocycles. The summed E-state index contributed by atoms with van der Waals surface area (Å²) in [5.74, 6) is -0.890. The van der Waals surface area contributed by atoms with Crippen LogP contribution in [0.25, 0.3) is 0 Å². The van der Waals surface area contributed by atoms with E-state index in [2.05, 4.69) is 0 Å². The van der Waals surface area contributed by atoms with E-state index in [-0.39, 0.29) is 12.3 Å². The second-order valence-electron chi connectivity index (χ2n) is 5.43. The molecule has 7 heteroatoms. The molecule has 0 bridgehead atoms. The number of carbonyl (C=O) groups is 1. The second-order valence-corrected chi connectivity index (χ2v) is 7.36. The zero-order valence-electron chi connectivity index (χ0n) is 11.1. The Morgan fingerprint density at radius 2 is 1.68 bits per heavy atom. The lowest BCUT2D eigenvalue weighted by Crippen LogP contribution is -2.43. The van der Waals surface area contributed by atoms with Crippen molar-refractivity contribution in [2.24, 2.45) is 5.92 Å². The average Bonchev–Trinajstić information content (AvgIpc) is 2.64. The van der Waals surface area contributed by atoms with Gasteiger partial charge in [-0.2, -0.15) is 17.0 Å². The van der Waals surface area contributed by atoms with Gasteiger partial charge in [-0.15, -0.1) is 0 Å². The van der Waals surface area contributed by atoms with E-state index in [0.717, 1.165) is 25.7 Å². The maximum absolute atomic E-state index is 12.5. The summed E-state index contributed by atoms with van der Waals surface area (Å²) in [7, 11) is -3.38. The van der Waals surface area contributed by atoms with Crippen molar-refractivity contribution >= 4 is 16.2 Å². The Labute approximate surface area is 114 Å². The zero-order valence-corrected chi connectivity index (χ0v) is 11.9. The summed E-state index contributed by atoms with van der Waals surface area (Å²) >= 11 is 0. The summed E-state index contributed by atoms with van der Waals surface area (Å²) in [4.78, 5) is 10.7. The molecule has 0 aliphatic carbocycles. The monoisotopic (exact) mass is 290 g/mol. The molecule has 1 unspecified atom stereocenters. The zero-order chi connectivity index (χ0) is 13.9. The Balaban J connectivity index is 1.98. The molecule has 110 valence electrons. The minimum absolute atomic E-state index is 0.0424. The molecule has 2 rings (SSSR count). The molecule has 19 heavy (non-hydrogen) atoms. The van der Waals surface area contributed by atoms with Crippen LogP contribution in [-0.4, -0.2) is 54.3 Å². The molecule has 0 aromatic heterocycles. The van der Waals surface area contributed by atoms with Gasteiger partial charge in [-0.25, -0.2) is 0 Å². The molecular formula is C12H22N2O4S. The van der Waals surface area contributed by atoms with Crippen molar-refractivity contribution in [3.05, 3.63) is 0 Å². The summed E-state index contributed by atoms with van der Waals surface area (Å²) < 4.78 is 28.0. The lowest BCUT2D eigenvalue weighted by Gasteiger charge is -2.26. The lowest BCUT2D eigenvalue weighted by atomic mass is 10.1. The van der Waals surface area contributed by atoms with E-state index in [1.54, 1.807) is 4.31 Å². The van der Waals surface area contributed by atoms with Gasteiger partial charge in [0.25, 0.3) is 10.2 Å². The number of nitrogens with zero attached hydrogens (tertiary/aromatic N) is 2. The molecule has 2 aliphatic rings. The highest BCUT2D eigenvalue weighted by Gasteiger charge is 2.36. The van der Waals surface area contributed by atoms with Gasteiger partial charge in [0.15, 0.2) is 0 Å². The summed E-state index contributed by atoms with van der Waals surface area (Å²) in [6, 6.07) is 0. The molecule has 1 N–H and O–H groups in total. The summed E-state index contributed by atoms with van der Waals surface area (Å²) in [6.07, 6.45) is 4.74. The van der Waals surface area contributed by atoms with Crippen molar-refractivity contribution in [2.75, 3.05) is 26.2 Å². The molecule has 1 atom stereocenters. The third-order valence-electron chi connectivity index (χ3n) is 3.93. The first-order valence-electron chi connectivity index (χ1n) is 6.97. The van der Waals surface area contributed by atoms with Gasteiger partial charge >= 0.3 is 5.97 Å². The highest BCUT2D eigenvalue weighted by Crippen LogP contribution is 2.25. The predicted octanol–water partition coefficient (Wildman–Crippen LogP) is 0.904. The standard InChI is InChI=1S/C12H22N2O4S/c15-12(16)9-11-5-8-14(10-11)19(17,18)13-6-3-1-2-4-7-13/h11H,1-10H2,(H,15,16). The van der Waals surface area contributed by atoms with Crippen molar-refractivity contribution in [1.82, 2.24) is 8.61 Å². The SMILES string of the molecule is O=C(O)CC1CCN(S(=O)(=O)N2CCCCCC2)C1. The van der Waals surface area contributed by atoms with Crippen LogP contribution < -0.4 is 0 Å². The maximum Gasteiger partial charge on any atom is 0.303 e. The maximum atomic E-state index is 12.5. The summed E-state index contributed by atoms with van der Waals surface area (Å²) in [5, 5.41) is 8.77. The number of hydrogen-bond donors (Lipinski definition) is 1. The van der Waals surface area contributed by atoms with Crippen LogP contribution in [0.1, 0.15) is 38.5 Å². The van der Waals surface area contributed by atoms with Crippen molar-refractivity contribution in [1.29, 1.82) is 0 Å². The topological polar surface area (TPSA) is 77.9 Å². The fourth-order valence-corrected chi connectivity index (χ4v) is 4.64. The van der Waals surface area contributed by atoms with Gasteiger partial charge in [-0.3, -0.25) is 4.79 Å². The third kappa shape index (κ3) is 3.67. The minimum atomic E-state index is -3.38. The fraction of sp³-hybridized carbons (Fsp3) is 0.917. The first-order valence-corrected chi connectivity index (χ1v) is 8.37. The van der Waals surface area contributed by atoms with Gasteiger partial charge in [0.05, 0.1) is 0 Å². The Morgan fingerprint density at radius 3 is 2.26 bits per heavy atom. The molecule has 0 radical (unpaired) electrons. The quantitative estimate of drug-likeness (QED) is 0.834. The van der Waals surface area contributed by atoms with Crippen LogP contribution >= 0.6 is 0 Å². The number of hydrogen-bond acceptors (Lipinski definition) is 3. The Kier molecular flexibility index (Phi) is 4.81. The van der Waals surface area contributed by atoms with Crippen molar-refractivity contribution in [3.63, 3.8) is 0 Å². The van der Waals surface area contributed by atoms with Crippen LogP contribution in [0.4, 0.5) is 0 Å². The molecule has 2 aliphatic heterocycles. The normalized spacial score (nSPS) is 27.3. The van der Waals surface area contributed by atoms with Crippen LogP contribution in [0.15, 0.2) is 0 Å². The summed E-state index contributed by atoms with van der Waals surface area (Å²) in [5.41, 5.74) is 0. The van der Waals surface area contributed by atoms with E-state index < -0.39 is 16.2 Å². The Morgan fingerprint density at radius 1 is 1.05 bits per heavy atom. The van der Waals surface area contributed by atoms with Crippen LogP contribution in [0.3, 0.4) is 0 Å². The molecule has 0 aromatic rings. The van der Waals surface area contributed by atoms with E-state index in [1.165, 1.54) is 4.31 Å². The van der Waals surface area contributed by atoms with Crippen LogP contribution in [-0.2, 0) is 15.0 Å². The second kappa shape index (κ2) is 6.19. The molecule has 0 aromatic carbocycles. The van der Waals surface area contributed by atoms with Gasteiger partial charge < -0.3 is 5.11 Å². The highest BCUT2D eigenvalue weighted by atomic mass is 32.2. The first-order chi connectivity index (χ1) is 9.00. The summed E-state index contributed by atoms with van der Waals surface area (Å²) in [6.45, 7) is 2.01. The van der Waals surface area contributed by atoms with Gasteiger partial charge in [-0.1, -0.05) is 12.8 Å². The molecular weight excluding hydrogens is 268 g/mol. The minimum Gasteiger partial charge on any atom is -0.481 e. The fourth-order valence-electron chi connectivity index (χ4n) is 2.86. The number of carboxylic acid groups (broad SMARTS) is 1. The predicted molar refractivity (Wildman–Crippen MR) is 70.9 cm³/mol. The largest absolute Gasteiger partial charge is 0.481 e. The van der Waals surface area contributed by atoms with E-state index in [0.29, 0.717) is 32.6 Å². The average molecular weight is 290 g/mol. The molecule has 2 fully saturated rings. The van der Waals surface area contributed by atoms with E-state index >= 15 is 0 Å². The molecule has 0 saturated carbocycles. The van der Waals surface area contributed by atoms with Gasteiger partial charge in [0, 0.05) is 32.6 Å². The molecule has 0 spiro atoms. The van der Waals surface area contributed by atoms with E-state index in [4.69, 9.17) is 5.11 Å².